The highest BCUT2D eigenvalue weighted by Gasteiger charge is 2.23. The van der Waals surface area contributed by atoms with E-state index in [9.17, 15) is 0 Å². The number of hydrogen-bond donors (Lipinski definition) is 1. The molecule has 0 saturated heterocycles. The normalized spacial score (nSPS) is 11.7. The minimum atomic E-state index is -0.134. The molecule has 0 aliphatic carbocycles. The third-order valence-corrected chi connectivity index (χ3v) is 2.94. The van der Waals surface area contributed by atoms with Gasteiger partial charge in [0.15, 0.2) is 0 Å². The van der Waals surface area contributed by atoms with E-state index in [-0.39, 0.29) is 5.54 Å². The zero-order valence-electron chi connectivity index (χ0n) is 8.80. The Morgan fingerprint density at radius 2 is 1.69 bits per heavy atom. The fourth-order valence-electron chi connectivity index (χ4n) is 1.76. The van der Waals surface area contributed by atoms with Gasteiger partial charge in [0.25, 0.3) is 0 Å². The van der Waals surface area contributed by atoms with E-state index in [2.05, 4.69) is 45.0 Å². The summed E-state index contributed by atoms with van der Waals surface area (Å²) in [6, 6.07) is 8.39. The predicted octanol–water partition coefficient (Wildman–Crippen LogP) is 2.97. The van der Waals surface area contributed by atoms with Gasteiger partial charge >= 0.3 is 0 Å². The van der Waals surface area contributed by atoms with Crippen LogP contribution in [-0.2, 0) is 5.54 Å². The van der Waals surface area contributed by atoms with Crippen LogP contribution >= 0.6 is 0 Å². The Balaban J connectivity index is 3.12. The fraction of sp³-hybridized carbons (Fsp3) is 0.500. The van der Waals surface area contributed by atoms with Crippen molar-refractivity contribution >= 4 is 0 Å². The maximum absolute atomic E-state index is 6.32. The van der Waals surface area contributed by atoms with Gasteiger partial charge in [0.05, 0.1) is 0 Å². The van der Waals surface area contributed by atoms with Gasteiger partial charge in [-0.15, -0.1) is 0 Å². The molecule has 0 bridgehead atoms. The van der Waals surface area contributed by atoms with Crippen LogP contribution in [0.5, 0.6) is 0 Å². The molecule has 1 nitrogen and oxygen atoms in total. The van der Waals surface area contributed by atoms with E-state index in [1.165, 1.54) is 11.1 Å². The van der Waals surface area contributed by atoms with E-state index in [0.717, 1.165) is 12.8 Å². The molecule has 13 heavy (non-hydrogen) atoms. The molecule has 1 rings (SSSR count). The molecule has 0 aliphatic rings. The van der Waals surface area contributed by atoms with Crippen molar-refractivity contribution in [1.29, 1.82) is 0 Å². The van der Waals surface area contributed by atoms with Gasteiger partial charge in [0, 0.05) is 5.54 Å². The molecule has 0 aromatic heterocycles. The molecule has 72 valence electrons. The Morgan fingerprint density at radius 1 is 1.15 bits per heavy atom. The summed E-state index contributed by atoms with van der Waals surface area (Å²) in [5, 5.41) is 0. The van der Waals surface area contributed by atoms with Crippen molar-refractivity contribution in [2.75, 3.05) is 0 Å². The second kappa shape index (κ2) is 3.93. The fourth-order valence-corrected chi connectivity index (χ4v) is 1.76. The molecule has 0 saturated carbocycles. The molecule has 0 heterocycles. The molecule has 0 aliphatic heterocycles. The number of rotatable bonds is 3. The van der Waals surface area contributed by atoms with Crippen LogP contribution in [-0.4, -0.2) is 0 Å². The van der Waals surface area contributed by atoms with Gasteiger partial charge in [0.1, 0.15) is 0 Å². The lowest BCUT2D eigenvalue weighted by Crippen LogP contribution is -2.35. The number of hydrogen-bond acceptors (Lipinski definition) is 1. The van der Waals surface area contributed by atoms with Crippen LogP contribution in [0.1, 0.15) is 37.8 Å². The molecular weight excluding hydrogens is 158 g/mol. The van der Waals surface area contributed by atoms with Crippen LogP contribution in [0.4, 0.5) is 0 Å². The van der Waals surface area contributed by atoms with E-state index in [1.54, 1.807) is 0 Å². The average molecular weight is 177 g/mol. The second-order valence-corrected chi connectivity index (χ2v) is 3.68. The van der Waals surface area contributed by atoms with E-state index in [1.807, 2.05) is 0 Å². The van der Waals surface area contributed by atoms with Crippen molar-refractivity contribution in [3.63, 3.8) is 0 Å². The highest BCUT2D eigenvalue weighted by molar-refractivity contribution is 5.32. The highest BCUT2D eigenvalue weighted by Crippen LogP contribution is 2.27. The standard InChI is InChI=1S/C12H19N/c1-4-12(13,5-2)11-9-7-6-8-10(11)3/h6-9H,4-5,13H2,1-3H3. The summed E-state index contributed by atoms with van der Waals surface area (Å²) in [5.74, 6) is 0. The monoisotopic (exact) mass is 177 g/mol. The maximum Gasteiger partial charge on any atom is 0.0407 e. The molecule has 0 spiro atoms. The van der Waals surface area contributed by atoms with Crippen LogP contribution in [0.3, 0.4) is 0 Å². The smallest absolute Gasteiger partial charge is 0.0407 e. The molecule has 1 aromatic rings. The molecule has 1 aromatic carbocycles. The van der Waals surface area contributed by atoms with Crippen molar-refractivity contribution in [2.45, 2.75) is 39.2 Å². The highest BCUT2D eigenvalue weighted by atomic mass is 14.7. The Hall–Kier alpha value is -0.820. The lowest BCUT2D eigenvalue weighted by molar-refractivity contribution is 0.410. The summed E-state index contributed by atoms with van der Waals surface area (Å²) < 4.78 is 0. The van der Waals surface area contributed by atoms with Gasteiger partial charge in [0.2, 0.25) is 0 Å². The maximum atomic E-state index is 6.32. The minimum Gasteiger partial charge on any atom is -0.321 e. The van der Waals surface area contributed by atoms with Crippen LogP contribution < -0.4 is 5.73 Å². The number of benzene rings is 1. The molecule has 0 fully saturated rings. The van der Waals surface area contributed by atoms with Crippen molar-refractivity contribution in [3.05, 3.63) is 35.4 Å². The van der Waals surface area contributed by atoms with Crippen molar-refractivity contribution in [3.8, 4) is 0 Å². The van der Waals surface area contributed by atoms with Crippen LogP contribution in [0.2, 0.25) is 0 Å². The molecule has 1 heteroatoms. The predicted molar refractivity (Wildman–Crippen MR) is 57.6 cm³/mol. The molecule has 0 amide bonds. The topological polar surface area (TPSA) is 26.0 Å². The summed E-state index contributed by atoms with van der Waals surface area (Å²) in [5.41, 5.74) is 8.78. The summed E-state index contributed by atoms with van der Waals surface area (Å²) in [4.78, 5) is 0. The summed E-state index contributed by atoms with van der Waals surface area (Å²) >= 11 is 0. The van der Waals surface area contributed by atoms with Gasteiger partial charge < -0.3 is 5.73 Å². The minimum absolute atomic E-state index is 0.134. The molecule has 0 atom stereocenters. The van der Waals surface area contributed by atoms with E-state index < -0.39 is 0 Å². The quantitative estimate of drug-likeness (QED) is 0.754. The third-order valence-electron chi connectivity index (χ3n) is 2.94. The van der Waals surface area contributed by atoms with Crippen LogP contribution in [0.15, 0.2) is 24.3 Å². The van der Waals surface area contributed by atoms with Crippen LogP contribution in [0.25, 0.3) is 0 Å². The zero-order chi connectivity index (χ0) is 9.90. The van der Waals surface area contributed by atoms with Gasteiger partial charge in [-0.05, 0) is 30.9 Å². The van der Waals surface area contributed by atoms with E-state index >= 15 is 0 Å². The Bertz CT molecular complexity index is 274. The molecule has 2 N–H and O–H groups in total. The first kappa shape index (κ1) is 10.3. The average Bonchev–Trinajstić information content (AvgIpc) is 2.17. The zero-order valence-corrected chi connectivity index (χ0v) is 8.80. The van der Waals surface area contributed by atoms with Crippen molar-refractivity contribution < 1.29 is 0 Å². The van der Waals surface area contributed by atoms with Gasteiger partial charge in [-0.2, -0.15) is 0 Å². The lowest BCUT2D eigenvalue weighted by atomic mass is 9.83. The first-order chi connectivity index (χ1) is 6.14. The lowest BCUT2D eigenvalue weighted by Gasteiger charge is -2.28. The first-order valence-corrected chi connectivity index (χ1v) is 4.99. The van der Waals surface area contributed by atoms with Crippen molar-refractivity contribution in [1.82, 2.24) is 0 Å². The molecular formula is C12H19N. The van der Waals surface area contributed by atoms with Gasteiger partial charge in [-0.25, -0.2) is 0 Å². The second-order valence-electron chi connectivity index (χ2n) is 3.68. The Kier molecular flexibility index (Phi) is 3.10. The summed E-state index contributed by atoms with van der Waals surface area (Å²) in [6.07, 6.45) is 1.99. The third kappa shape index (κ3) is 1.92. The summed E-state index contributed by atoms with van der Waals surface area (Å²) in [6.45, 7) is 6.42. The Morgan fingerprint density at radius 3 is 2.15 bits per heavy atom. The van der Waals surface area contributed by atoms with Crippen LogP contribution in [0, 0.1) is 6.92 Å². The van der Waals surface area contributed by atoms with E-state index in [0.29, 0.717) is 0 Å². The molecule has 0 radical (unpaired) electrons. The van der Waals surface area contributed by atoms with Crippen molar-refractivity contribution in [2.24, 2.45) is 5.73 Å². The SMILES string of the molecule is CCC(N)(CC)c1ccccc1C. The number of aryl methyl sites for hydroxylation is 1. The largest absolute Gasteiger partial charge is 0.321 e. The van der Waals surface area contributed by atoms with Gasteiger partial charge in [-0.3, -0.25) is 0 Å². The summed E-state index contributed by atoms with van der Waals surface area (Å²) in [7, 11) is 0. The van der Waals surface area contributed by atoms with E-state index in [4.69, 9.17) is 5.73 Å². The molecule has 0 unspecified atom stereocenters. The van der Waals surface area contributed by atoms with Gasteiger partial charge in [-0.1, -0.05) is 38.1 Å². The first-order valence-electron chi connectivity index (χ1n) is 4.99. The Labute approximate surface area is 81.0 Å². The number of nitrogens with two attached hydrogens (primary N) is 1.